The number of hydrogen-bond acceptors (Lipinski definition) is 10. The van der Waals surface area contributed by atoms with Gasteiger partial charge in [-0.1, -0.05) is 19.4 Å². The molecular formula is C28H40N6O10Zn. The third kappa shape index (κ3) is 11.6. The summed E-state index contributed by atoms with van der Waals surface area (Å²) in [6.07, 6.45) is 9.01. The van der Waals surface area contributed by atoms with Gasteiger partial charge in [0.1, 0.15) is 5.69 Å². The van der Waals surface area contributed by atoms with Crippen LogP contribution in [0.5, 0.6) is 0 Å². The Balaban J connectivity index is 0.000000756. The van der Waals surface area contributed by atoms with Gasteiger partial charge in [-0.25, -0.2) is 9.59 Å². The average Bonchev–Trinajstić information content (AvgIpc) is 3.43. The van der Waals surface area contributed by atoms with Crippen LogP contribution in [0.4, 0.5) is 5.69 Å². The standard InChI is InChI=1S/C13H20N4O4.C13H16N2O4.C2H4O2.Zn/c1-5-6-8-16-12(18)11(17(20)21)10(7-9-14(2)3)15(4)13(16)19;1-9(16)19-8-4-7-15-12(17)10-5-3-6-11(10)14(2)13(15)18;1-2(3)4;/h7,9H,5-6,8H2,1-4H3;3,6H,4-5,7-8H2,1-2H3;1H3,(H,3,4);/b9-7+;;;. The molecule has 17 heteroatoms. The van der Waals surface area contributed by atoms with Crippen LogP contribution in [-0.4, -0.2) is 65.8 Å². The van der Waals surface area contributed by atoms with Crippen LogP contribution in [0, 0.1) is 10.1 Å². The van der Waals surface area contributed by atoms with E-state index in [0.29, 0.717) is 30.5 Å². The van der Waals surface area contributed by atoms with Crippen molar-refractivity contribution in [2.24, 2.45) is 14.1 Å². The maximum atomic E-state index is 12.2. The summed E-state index contributed by atoms with van der Waals surface area (Å²) in [5.41, 5.74) is -1.22. The number of carboxylic acids is 1. The summed E-state index contributed by atoms with van der Waals surface area (Å²) in [5, 5.41) is 18.6. The van der Waals surface area contributed by atoms with Crippen LogP contribution in [0.25, 0.3) is 12.2 Å². The van der Waals surface area contributed by atoms with Gasteiger partial charge in [-0.05, 0) is 31.4 Å². The Labute approximate surface area is 271 Å². The molecule has 0 spiro atoms. The van der Waals surface area contributed by atoms with Gasteiger partial charge < -0.3 is 14.7 Å². The summed E-state index contributed by atoms with van der Waals surface area (Å²) in [7, 11) is 6.55. The molecule has 2 aromatic heterocycles. The third-order valence-corrected chi connectivity index (χ3v) is 6.14. The first-order chi connectivity index (χ1) is 20.6. The normalized spacial score (nSPS) is 11.0. The molecule has 2 aromatic rings. The number of unbranched alkanes of at least 4 members (excludes halogenated alkanes) is 1. The molecule has 0 aliphatic heterocycles. The number of aliphatic carboxylic acids is 1. The summed E-state index contributed by atoms with van der Waals surface area (Å²) in [5.74, 6) is -1.20. The van der Waals surface area contributed by atoms with Crippen molar-refractivity contribution in [3.8, 4) is 0 Å². The monoisotopic (exact) mass is 684 g/mol. The molecule has 1 N–H and O–H groups in total. The van der Waals surface area contributed by atoms with Crippen LogP contribution in [0.1, 0.15) is 57.0 Å². The maximum Gasteiger partial charge on any atom is 0.357 e. The molecule has 0 saturated heterocycles. The number of carbonyl (C=O) groups is 2. The smallest absolute Gasteiger partial charge is 0.357 e. The van der Waals surface area contributed by atoms with Crippen LogP contribution in [-0.2, 0) is 67.4 Å². The summed E-state index contributed by atoms with van der Waals surface area (Å²) in [6, 6.07) is 0. The van der Waals surface area contributed by atoms with Gasteiger partial charge in [-0.2, -0.15) is 0 Å². The molecule has 244 valence electrons. The van der Waals surface area contributed by atoms with E-state index in [2.05, 4.69) is 0 Å². The van der Waals surface area contributed by atoms with Gasteiger partial charge in [-0.15, -0.1) is 0 Å². The number of carbonyl (C=O) groups excluding carboxylic acids is 1. The second-order valence-electron chi connectivity index (χ2n) is 9.90. The maximum absolute atomic E-state index is 12.2. The van der Waals surface area contributed by atoms with Crippen molar-refractivity contribution in [2.75, 3.05) is 20.7 Å². The molecule has 1 aliphatic carbocycles. The zero-order valence-corrected chi connectivity index (χ0v) is 29.7. The number of hydrogen-bond donors (Lipinski definition) is 1. The Morgan fingerprint density at radius 1 is 1.02 bits per heavy atom. The van der Waals surface area contributed by atoms with Crippen molar-refractivity contribution in [3.05, 3.63) is 81.0 Å². The Hall–Kier alpha value is -4.40. The van der Waals surface area contributed by atoms with Gasteiger partial charge in [-0.3, -0.25) is 47.6 Å². The molecule has 0 bridgehead atoms. The minimum absolute atomic E-state index is 0. The number of nitrogens with zero attached hydrogens (tertiary/aromatic N) is 6. The zero-order valence-electron chi connectivity index (χ0n) is 26.8. The van der Waals surface area contributed by atoms with E-state index in [1.807, 2.05) is 13.0 Å². The predicted octanol–water partition coefficient (Wildman–Crippen LogP) is 0.946. The molecule has 3 rings (SSSR count). The quantitative estimate of drug-likeness (QED) is 0.123. The van der Waals surface area contributed by atoms with Gasteiger partial charge in [0, 0.05) is 86.4 Å². The van der Waals surface area contributed by atoms with E-state index in [-0.39, 0.29) is 62.1 Å². The molecule has 0 radical (unpaired) electrons. The summed E-state index contributed by atoms with van der Waals surface area (Å²) in [6.45, 7) is 4.97. The van der Waals surface area contributed by atoms with E-state index in [9.17, 15) is 34.1 Å². The van der Waals surface area contributed by atoms with Gasteiger partial charge in [0.2, 0.25) is 0 Å². The van der Waals surface area contributed by atoms with E-state index in [1.165, 1.54) is 29.2 Å². The molecule has 0 amide bonds. The predicted molar refractivity (Wildman–Crippen MR) is 163 cm³/mol. The minimum Gasteiger partial charge on any atom is -0.481 e. The number of fused-ring (bicyclic) bond motifs is 1. The molecule has 0 saturated carbocycles. The Morgan fingerprint density at radius 3 is 2.07 bits per heavy atom. The first-order valence-corrected chi connectivity index (χ1v) is 13.7. The number of allylic oxidation sites excluding steroid dienone is 1. The number of ether oxygens (including phenoxy) is 1. The van der Waals surface area contributed by atoms with E-state index in [1.54, 1.807) is 38.3 Å². The minimum atomic E-state index is -0.852. The third-order valence-electron chi connectivity index (χ3n) is 6.14. The first kappa shape index (κ1) is 40.6. The Kier molecular flexibility index (Phi) is 17.2. The Bertz CT molecular complexity index is 1660. The van der Waals surface area contributed by atoms with E-state index >= 15 is 0 Å². The Morgan fingerprint density at radius 2 is 1.56 bits per heavy atom. The van der Waals surface area contributed by atoms with E-state index in [0.717, 1.165) is 22.5 Å². The van der Waals surface area contributed by atoms with Crippen molar-refractivity contribution in [1.82, 2.24) is 23.2 Å². The molecule has 0 atom stereocenters. The number of nitro groups is 1. The number of aromatic nitrogens is 4. The number of esters is 1. The molecule has 2 heterocycles. The van der Waals surface area contributed by atoms with Crippen LogP contribution in [0.3, 0.4) is 0 Å². The average molecular weight is 686 g/mol. The van der Waals surface area contributed by atoms with Gasteiger partial charge >= 0.3 is 28.6 Å². The van der Waals surface area contributed by atoms with Crippen LogP contribution < -0.4 is 22.5 Å². The summed E-state index contributed by atoms with van der Waals surface area (Å²) < 4.78 is 9.53. The van der Waals surface area contributed by atoms with E-state index < -0.39 is 27.8 Å². The van der Waals surface area contributed by atoms with Crippen molar-refractivity contribution in [2.45, 2.75) is 59.5 Å². The molecule has 0 fully saturated rings. The van der Waals surface area contributed by atoms with Crippen molar-refractivity contribution >= 4 is 29.8 Å². The second kappa shape index (κ2) is 19.1. The second-order valence-corrected chi connectivity index (χ2v) is 9.90. The van der Waals surface area contributed by atoms with Crippen LogP contribution >= 0.6 is 0 Å². The largest absolute Gasteiger partial charge is 0.481 e. The number of rotatable bonds is 10. The fraction of sp³-hybridized carbons (Fsp3) is 0.500. The summed E-state index contributed by atoms with van der Waals surface area (Å²) in [4.78, 5) is 80.4. The fourth-order valence-corrected chi connectivity index (χ4v) is 4.04. The fourth-order valence-electron chi connectivity index (χ4n) is 4.04. The molecule has 0 aromatic carbocycles. The van der Waals surface area contributed by atoms with Crippen molar-refractivity contribution in [1.29, 1.82) is 0 Å². The molecular weight excluding hydrogens is 646 g/mol. The van der Waals surface area contributed by atoms with Gasteiger partial charge in [0.25, 0.3) is 11.5 Å². The summed E-state index contributed by atoms with van der Waals surface area (Å²) >= 11 is 0. The molecule has 1 aliphatic rings. The number of carboxylic acid groups (broad SMARTS) is 1. The van der Waals surface area contributed by atoms with Gasteiger partial charge in [0.05, 0.1) is 17.2 Å². The van der Waals surface area contributed by atoms with Gasteiger partial charge in [0.15, 0.2) is 0 Å². The SMILES string of the molecule is CC(=O)O.CC(=O)OCCCn1c(=O)c2c(n(C)c1=O)C=CC2.CCCCn1c(=O)c([N+](=O)[O-])c(/C=C/N(C)C)n(C)c1=O.[Zn]. The molecule has 16 nitrogen and oxygen atoms in total. The van der Waals surface area contributed by atoms with Crippen LogP contribution in [0.2, 0.25) is 0 Å². The van der Waals surface area contributed by atoms with Crippen molar-refractivity contribution in [3.63, 3.8) is 0 Å². The molecule has 0 unspecified atom stereocenters. The first-order valence-electron chi connectivity index (χ1n) is 13.7. The van der Waals surface area contributed by atoms with Crippen LogP contribution in [0.15, 0.2) is 31.5 Å². The van der Waals surface area contributed by atoms with Crippen molar-refractivity contribution < 1.29 is 43.8 Å². The topological polar surface area (TPSA) is 198 Å². The van der Waals surface area contributed by atoms with E-state index in [4.69, 9.17) is 14.6 Å². The molecule has 45 heavy (non-hydrogen) atoms. The zero-order chi connectivity index (χ0) is 33.7.